The molecule has 4 rings (SSSR count). The number of para-hydroxylation sites is 2. The monoisotopic (exact) mass is 493 g/mol. The fraction of sp³-hybridized carbons (Fsp3) is 0.115. The Morgan fingerprint density at radius 2 is 1.69 bits per heavy atom. The van der Waals surface area contributed by atoms with Gasteiger partial charge >= 0.3 is 5.97 Å². The molecule has 1 aromatic heterocycles. The predicted octanol–water partition coefficient (Wildman–Crippen LogP) is 4.48. The number of nitrogens with one attached hydrogen (secondary N) is 3. The first-order chi connectivity index (χ1) is 16.9. The van der Waals surface area contributed by atoms with Gasteiger partial charge in [0.2, 0.25) is 0 Å². The van der Waals surface area contributed by atoms with Crippen LogP contribution in [0.1, 0.15) is 15.9 Å². The van der Waals surface area contributed by atoms with Gasteiger partial charge in [0.15, 0.2) is 6.61 Å². The molecule has 0 saturated carbocycles. The average molecular weight is 494 g/mol. The lowest BCUT2D eigenvalue weighted by Gasteiger charge is -2.18. The number of aromatic nitrogens is 1. The summed E-state index contributed by atoms with van der Waals surface area (Å²) in [6.45, 7) is -0.653. The first-order valence-electron chi connectivity index (χ1n) is 10.7. The Kier molecular flexibility index (Phi) is 7.42. The van der Waals surface area contributed by atoms with Crippen LogP contribution >= 0.6 is 11.6 Å². The van der Waals surface area contributed by atoms with Crippen LogP contribution in [0, 0.1) is 5.82 Å². The topological polar surface area (TPSA) is 100 Å². The number of hydrogen-bond acceptors (Lipinski definition) is 4. The first-order valence-corrected chi connectivity index (χ1v) is 11.1. The summed E-state index contributed by atoms with van der Waals surface area (Å²) in [5, 5.41) is 6.12. The number of hydrogen-bond donors (Lipinski definition) is 3. The third kappa shape index (κ3) is 5.85. The number of carbonyl (C=O) groups is 3. The largest absolute Gasteiger partial charge is 0.454 e. The highest BCUT2D eigenvalue weighted by Gasteiger charge is 2.26. The van der Waals surface area contributed by atoms with E-state index in [1.54, 1.807) is 30.5 Å². The number of carbonyl (C=O) groups excluding carboxylic acids is 3. The van der Waals surface area contributed by atoms with Gasteiger partial charge in [-0.2, -0.15) is 0 Å². The van der Waals surface area contributed by atoms with E-state index in [4.69, 9.17) is 16.3 Å². The molecule has 3 N–H and O–H groups in total. The number of aromatic amines is 1. The Morgan fingerprint density at radius 1 is 0.971 bits per heavy atom. The molecule has 1 heterocycles. The second-order valence-corrected chi connectivity index (χ2v) is 8.11. The lowest BCUT2D eigenvalue weighted by atomic mass is 10.0. The summed E-state index contributed by atoms with van der Waals surface area (Å²) >= 11 is 6.13. The smallest absolute Gasteiger partial charge is 0.329 e. The molecule has 0 aliphatic carbocycles. The first kappa shape index (κ1) is 24.0. The molecule has 35 heavy (non-hydrogen) atoms. The molecular formula is C26H21ClFN3O4. The SMILES string of the molecule is O=C(COC(=O)[C@@H](Cc1c[nH]c2ccccc12)NC(=O)c1ccccc1Cl)Nc1ccccc1F. The van der Waals surface area contributed by atoms with Crippen molar-refractivity contribution < 1.29 is 23.5 Å². The molecule has 0 spiro atoms. The molecule has 0 saturated heterocycles. The fourth-order valence-corrected chi connectivity index (χ4v) is 3.80. The van der Waals surface area contributed by atoms with Crippen LogP contribution in [0.5, 0.6) is 0 Å². The van der Waals surface area contributed by atoms with Crippen LogP contribution in [0.15, 0.2) is 79.0 Å². The maximum atomic E-state index is 13.8. The van der Waals surface area contributed by atoms with Crippen molar-refractivity contribution in [2.45, 2.75) is 12.5 Å². The Morgan fingerprint density at radius 3 is 2.49 bits per heavy atom. The normalized spacial score (nSPS) is 11.6. The Balaban J connectivity index is 1.49. The van der Waals surface area contributed by atoms with E-state index in [0.29, 0.717) is 0 Å². The van der Waals surface area contributed by atoms with Crippen LogP contribution in [0.3, 0.4) is 0 Å². The van der Waals surface area contributed by atoms with Crippen LogP contribution in [0.2, 0.25) is 5.02 Å². The maximum Gasteiger partial charge on any atom is 0.329 e. The minimum Gasteiger partial charge on any atom is -0.454 e. The molecule has 3 aromatic carbocycles. The fourth-order valence-electron chi connectivity index (χ4n) is 3.58. The Labute approximate surface area is 205 Å². The lowest BCUT2D eigenvalue weighted by Crippen LogP contribution is -2.44. The van der Waals surface area contributed by atoms with Gasteiger partial charge in [0.1, 0.15) is 11.9 Å². The maximum absolute atomic E-state index is 13.8. The summed E-state index contributed by atoms with van der Waals surface area (Å²) in [6.07, 6.45) is 1.85. The van der Waals surface area contributed by atoms with Gasteiger partial charge in [-0.1, -0.05) is 54.1 Å². The molecule has 178 valence electrons. The Bertz CT molecular complexity index is 1390. The van der Waals surface area contributed by atoms with Crippen molar-refractivity contribution in [1.29, 1.82) is 0 Å². The molecule has 0 fully saturated rings. The number of amides is 2. The molecule has 2 amide bonds. The molecule has 0 bridgehead atoms. The van der Waals surface area contributed by atoms with Gasteiger partial charge in [0.25, 0.3) is 11.8 Å². The van der Waals surface area contributed by atoms with E-state index in [9.17, 15) is 18.8 Å². The number of H-pyrrole nitrogens is 1. The van der Waals surface area contributed by atoms with Gasteiger partial charge in [0.05, 0.1) is 16.3 Å². The summed E-state index contributed by atoms with van der Waals surface area (Å²) in [5.41, 5.74) is 1.81. The molecular weight excluding hydrogens is 473 g/mol. The zero-order valence-electron chi connectivity index (χ0n) is 18.4. The van der Waals surface area contributed by atoms with E-state index in [-0.39, 0.29) is 22.7 Å². The number of anilines is 1. The summed E-state index contributed by atoms with van der Waals surface area (Å²) in [5.74, 6) is -2.71. The van der Waals surface area contributed by atoms with Gasteiger partial charge in [-0.3, -0.25) is 9.59 Å². The van der Waals surface area contributed by atoms with E-state index < -0.39 is 36.2 Å². The number of rotatable bonds is 8. The minimum absolute atomic E-state index is 0.0316. The van der Waals surface area contributed by atoms with Gasteiger partial charge in [-0.15, -0.1) is 0 Å². The number of fused-ring (bicyclic) bond motifs is 1. The van der Waals surface area contributed by atoms with Crippen molar-refractivity contribution in [3.05, 3.63) is 101 Å². The van der Waals surface area contributed by atoms with E-state index in [1.807, 2.05) is 24.3 Å². The molecule has 7 nitrogen and oxygen atoms in total. The highest BCUT2D eigenvalue weighted by Crippen LogP contribution is 2.20. The zero-order chi connectivity index (χ0) is 24.8. The Hall–Kier alpha value is -4.17. The van der Waals surface area contributed by atoms with Gasteiger partial charge in [-0.25, -0.2) is 9.18 Å². The average Bonchev–Trinajstić information content (AvgIpc) is 3.26. The second kappa shape index (κ2) is 10.8. The molecule has 1 atom stereocenters. The lowest BCUT2D eigenvalue weighted by molar-refractivity contribution is -0.149. The predicted molar refractivity (Wildman–Crippen MR) is 131 cm³/mol. The number of esters is 1. The number of benzene rings is 3. The summed E-state index contributed by atoms with van der Waals surface area (Å²) in [4.78, 5) is 41.1. The van der Waals surface area contributed by atoms with Crippen molar-refractivity contribution in [3.8, 4) is 0 Å². The van der Waals surface area contributed by atoms with Gasteiger partial charge in [-0.05, 0) is 35.9 Å². The van der Waals surface area contributed by atoms with Crippen LogP contribution in [0.4, 0.5) is 10.1 Å². The van der Waals surface area contributed by atoms with Crippen LogP contribution in [0.25, 0.3) is 10.9 Å². The summed E-state index contributed by atoms with van der Waals surface area (Å²) in [6, 6.07) is 18.5. The third-order valence-corrected chi connectivity index (χ3v) is 5.63. The number of ether oxygens (including phenoxy) is 1. The van der Waals surface area contributed by atoms with E-state index in [1.165, 1.54) is 24.3 Å². The van der Waals surface area contributed by atoms with Crippen molar-refractivity contribution in [1.82, 2.24) is 10.3 Å². The summed E-state index contributed by atoms with van der Waals surface area (Å²) in [7, 11) is 0. The van der Waals surface area contributed by atoms with Crippen LogP contribution in [-0.4, -0.2) is 35.4 Å². The van der Waals surface area contributed by atoms with Crippen molar-refractivity contribution in [3.63, 3.8) is 0 Å². The molecule has 0 aliphatic rings. The van der Waals surface area contributed by atoms with Crippen LogP contribution in [-0.2, 0) is 20.7 Å². The molecule has 0 unspecified atom stereocenters. The molecule has 4 aromatic rings. The van der Waals surface area contributed by atoms with Crippen LogP contribution < -0.4 is 10.6 Å². The number of halogens is 2. The van der Waals surface area contributed by atoms with Crippen molar-refractivity contribution in [2.75, 3.05) is 11.9 Å². The zero-order valence-corrected chi connectivity index (χ0v) is 19.1. The van der Waals surface area contributed by atoms with E-state index in [2.05, 4.69) is 15.6 Å². The van der Waals surface area contributed by atoms with Gasteiger partial charge < -0.3 is 20.4 Å². The molecule has 0 aliphatic heterocycles. The highest BCUT2D eigenvalue weighted by molar-refractivity contribution is 6.33. The summed E-state index contributed by atoms with van der Waals surface area (Å²) < 4.78 is 18.9. The molecule has 0 radical (unpaired) electrons. The van der Waals surface area contributed by atoms with Crippen molar-refractivity contribution in [2.24, 2.45) is 0 Å². The van der Waals surface area contributed by atoms with E-state index in [0.717, 1.165) is 16.5 Å². The second-order valence-electron chi connectivity index (χ2n) is 7.71. The third-order valence-electron chi connectivity index (χ3n) is 5.30. The minimum atomic E-state index is -1.11. The standard InChI is InChI=1S/C26H21ClFN3O4/c27-19-9-3-1-8-18(19)25(33)31-23(13-16-14-29-21-11-5-2-7-17(16)21)26(34)35-15-24(32)30-22-12-6-4-10-20(22)28/h1-12,14,23,29H,13,15H2,(H,30,32)(H,31,33)/t23-/m1/s1. The quantitative estimate of drug-likeness (QED) is 0.315. The van der Waals surface area contributed by atoms with E-state index >= 15 is 0 Å². The molecule has 9 heteroatoms. The van der Waals surface area contributed by atoms with Crippen molar-refractivity contribution >= 4 is 46.0 Å². The highest BCUT2D eigenvalue weighted by atomic mass is 35.5. The van der Waals surface area contributed by atoms with Gasteiger partial charge in [0, 0.05) is 23.5 Å².